The van der Waals surface area contributed by atoms with Crippen molar-refractivity contribution >= 4 is 27.0 Å². The van der Waals surface area contributed by atoms with Crippen LogP contribution in [0.5, 0.6) is 0 Å². The van der Waals surface area contributed by atoms with Gasteiger partial charge in [-0.05, 0) is 6.42 Å². The van der Waals surface area contributed by atoms with E-state index in [0.717, 1.165) is 6.42 Å². The van der Waals surface area contributed by atoms with E-state index in [1.807, 2.05) is 6.92 Å². The Balaban J connectivity index is 3.03. The lowest BCUT2D eigenvalue weighted by atomic mass is 10.2. The fourth-order valence-electron chi connectivity index (χ4n) is 2.14. The van der Waals surface area contributed by atoms with Crippen LogP contribution in [0.25, 0.3) is 0 Å². The minimum atomic E-state index is -4.87. The van der Waals surface area contributed by atoms with E-state index in [1.54, 1.807) is 11.8 Å². The summed E-state index contributed by atoms with van der Waals surface area (Å²) in [5.41, 5.74) is -2.00. The van der Waals surface area contributed by atoms with Crippen LogP contribution in [0.4, 0.5) is 0 Å². The highest BCUT2D eigenvalue weighted by atomic mass is 32.2. The fourth-order valence-corrected chi connectivity index (χ4v) is 6.22. The average molecular weight is 319 g/mol. The number of nitrogens with zero attached hydrogens (tertiary/aromatic N) is 1. The molecule has 0 aromatic carbocycles. The molecule has 10 heteroatoms. The summed E-state index contributed by atoms with van der Waals surface area (Å²) in [7, 11) is -9.75. The van der Waals surface area contributed by atoms with Crippen molar-refractivity contribution < 1.29 is 28.7 Å². The predicted molar refractivity (Wildman–Crippen MR) is 70.6 cm³/mol. The van der Waals surface area contributed by atoms with Crippen molar-refractivity contribution in [2.75, 3.05) is 18.1 Å². The third kappa shape index (κ3) is 4.32. The molecule has 0 aromatic rings. The SMILES string of the molecule is CCCC1CSCCN1C(P(=O)(O)O)P(=O)(O)O. The molecule has 1 atom stereocenters. The average Bonchev–Trinajstić information content (AvgIpc) is 2.17. The zero-order chi connectivity index (χ0) is 14.0. The molecule has 108 valence electrons. The van der Waals surface area contributed by atoms with Gasteiger partial charge in [0.1, 0.15) is 0 Å². The third-order valence-corrected chi connectivity index (χ3v) is 7.49. The van der Waals surface area contributed by atoms with E-state index in [4.69, 9.17) is 0 Å². The van der Waals surface area contributed by atoms with Crippen LogP contribution in [0.1, 0.15) is 19.8 Å². The molecule has 1 aliphatic heterocycles. The maximum atomic E-state index is 11.4. The molecule has 1 heterocycles. The first-order valence-corrected chi connectivity index (χ1v) is 10.1. The Bertz CT molecular complexity index is 345. The van der Waals surface area contributed by atoms with Crippen LogP contribution >= 0.6 is 27.0 Å². The largest absolute Gasteiger partial charge is 0.354 e. The van der Waals surface area contributed by atoms with Gasteiger partial charge in [0.15, 0.2) is 0 Å². The van der Waals surface area contributed by atoms with Crippen molar-refractivity contribution in [3.63, 3.8) is 0 Å². The Morgan fingerprint density at radius 1 is 1.28 bits per heavy atom. The van der Waals surface area contributed by atoms with E-state index >= 15 is 0 Å². The topological polar surface area (TPSA) is 118 Å². The summed E-state index contributed by atoms with van der Waals surface area (Å²) in [4.78, 5) is 38.2. The molecule has 0 bridgehead atoms. The van der Waals surface area contributed by atoms with Gasteiger partial charge < -0.3 is 19.6 Å². The summed E-state index contributed by atoms with van der Waals surface area (Å²) in [5.74, 6) is 1.26. The van der Waals surface area contributed by atoms with Gasteiger partial charge in [-0.25, -0.2) is 0 Å². The van der Waals surface area contributed by atoms with Gasteiger partial charge in [-0.1, -0.05) is 13.3 Å². The zero-order valence-corrected chi connectivity index (χ0v) is 12.7. The fraction of sp³-hybridized carbons (Fsp3) is 1.00. The lowest BCUT2D eigenvalue weighted by molar-refractivity contribution is 0.180. The molecule has 0 spiro atoms. The van der Waals surface area contributed by atoms with E-state index in [2.05, 4.69) is 0 Å². The molecule has 0 aliphatic carbocycles. The lowest BCUT2D eigenvalue weighted by Crippen LogP contribution is -2.48. The van der Waals surface area contributed by atoms with Crippen LogP contribution in [-0.4, -0.2) is 54.1 Å². The van der Waals surface area contributed by atoms with Gasteiger partial charge in [0, 0.05) is 24.1 Å². The molecule has 1 saturated heterocycles. The second-order valence-corrected chi connectivity index (χ2v) is 9.17. The Hall–Kier alpha value is 0.610. The van der Waals surface area contributed by atoms with Gasteiger partial charge >= 0.3 is 15.2 Å². The van der Waals surface area contributed by atoms with Gasteiger partial charge in [0.2, 0.25) is 5.52 Å². The van der Waals surface area contributed by atoms with Crippen molar-refractivity contribution in [3.8, 4) is 0 Å². The molecule has 4 N–H and O–H groups in total. The van der Waals surface area contributed by atoms with Gasteiger partial charge in [-0.2, -0.15) is 11.8 Å². The standard InChI is InChI=1S/C8H19NO6P2S/c1-2-3-7-6-18-5-4-9(7)8(16(10,11)12)17(13,14)15/h7-8H,2-6H2,1H3,(H2,10,11,12)(H2,13,14,15). The molecule has 7 nitrogen and oxygen atoms in total. The highest BCUT2D eigenvalue weighted by Crippen LogP contribution is 2.62. The second-order valence-electron chi connectivity index (χ2n) is 4.28. The maximum Gasteiger partial charge on any atom is 0.354 e. The van der Waals surface area contributed by atoms with E-state index in [-0.39, 0.29) is 12.6 Å². The first-order valence-electron chi connectivity index (χ1n) is 5.62. The van der Waals surface area contributed by atoms with Crippen molar-refractivity contribution in [3.05, 3.63) is 0 Å². The molecule has 0 aromatic heterocycles. The Labute approximate surface area is 110 Å². The lowest BCUT2D eigenvalue weighted by Gasteiger charge is -2.40. The van der Waals surface area contributed by atoms with Gasteiger partial charge in [0.25, 0.3) is 0 Å². The summed E-state index contributed by atoms with van der Waals surface area (Å²) in [6.07, 6.45) is 1.47. The minimum absolute atomic E-state index is 0.195. The normalized spacial score (nSPS) is 23.6. The zero-order valence-electron chi connectivity index (χ0n) is 10.0. The smallest absolute Gasteiger partial charge is 0.323 e. The Morgan fingerprint density at radius 2 is 1.83 bits per heavy atom. The number of hydrogen-bond acceptors (Lipinski definition) is 4. The monoisotopic (exact) mass is 319 g/mol. The molecule has 0 amide bonds. The summed E-state index contributed by atoms with van der Waals surface area (Å²) < 4.78 is 22.8. The first-order chi connectivity index (χ1) is 8.18. The quantitative estimate of drug-likeness (QED) is 0.551. The highest BCUT2D eigenvalue weighted by Gasteiger charge is 2.50. The Morgan fingerprint density at radius 3 is 2.28 bits per heavy atom. The number of rotatable bonds is 5. The molecule has 1 unspecified atom stereocenters. The molecule has 18 heavy (non-hydrogen) atoms. The summed E-state index contributed by atoms with van der Waals surface area (Å²) in [6.45, 7) is 2.22. The maximum absolute atomic E-state index is 11.4. The van der Waals surface area contributed by atoms with Gasteiger partial charge in [0.05, 0.1) is 0 Å². The van der Waals surface area contributed by atoms with Gasteiger partial charge in [-0.3, -0.25) is 14.0 Å². The van der Waals surface area contributed by atoms with Crippen LogP contribution in [0.2, 0.25) is 0 Å². The predicted octanol–water partition coefficient (Wildman–Crippen LogP) is 0.843. The van der Waals surface area contributed by atoms with E-state index in [9.17, 15) is 28.7 Å². The number of thioether (sulfide) groups is 1. The second kappa shape index (κ2) is 6.37. The van der Waals surface area contributed by atoms with Crippen LogP contribution in [0.15, 0.2) is 0 Å². The summed E-state index contributed by atoms with van der Waals surface area (Å²) in [6, 6.07) is -0.195. The molecule has 0 radical (unpaired) electrons. The van der Waals surface area contributed by atoms with Crippen molar-refractivity contribution in [1.29, 1.82) is 0 Å². The van der Waals surface area contributed by atoms with Crippen LogP contribution < -0.4 is 0 Å². The minimum Gasteiger partial charge on any atom is -0.323 e. The van der Waals surface area contributed by atoms with E-state index < -0.39 is 20.7 Å². The molecule has 0 saturated carbocycles. The van der Waals surface area contributed by atoms with Crippen molar-refractivity contribution in [2.24, 2.45) is 0 Å². The van der Waals surface area contributed by atoms with Crippen LogP contribution in [0, 0.1) is 0 Å². The van der Waals surface area contributed by atoms with Gasteiger partial charge in [-0.15, -0.1) is 0 Å². The van der Waals surface area contributed by atoms with E-state index in [1.165, 1.54) is 4.90 Å². The number of hydrogen-bond donors (Lipinski definition) is 4. The summed E-state index contributed by atoms with van der Waals surface area (Å²) in [5, 5.41) is 0. The van der Waals surface area contributed by atoms with Crippen LogP contribution in [-0.2, 0) is 9.13 Å². The summed E-state index contributed by atoms with van der Waals surface area (Å²) >= 11 is 1.64. The molecule has 1 aliphatic rings. The highest BCUT2D eigenvalue weighted by molar-refractivity contribution is 7.99. The molecule has 1 fully saturated rings. The molecular weight excluding hydrogens is 300 g/mol. The third-order valence-electron chi connectivity index (χ3n) is 2.79. The first kappa shape index (κ1) is 16.7. The van der Waals surface area contributed by atoms with Crippen molar-refractivity contribution in [1.82, 2.24) is 4.90 Å². The van der Waals surface area contributed by atoms with E-state index in [0.29, 0.717) is 17.9 Å². The van der Waals surface area contributed by atoms with Crippen LogP contribution in [0.3, 0.4) is 0 Å². The molecular formula is C8H19NO6P2S. The Kier molecular flexibility index (Phi) is 5.90. The molecule has 1 rings (SSSR count). The van der Waals surface area contributed by atoms with Crippen molar-refractivity contribution in [2.45, 2.75) is 31.3 Å².